The molecule has 214 valence electrons. The lowest BCUT2D eigenvalue weighted by Crippen LogP contribution is -2.83. The molecule has 0 spiro atoms. The number of quaternary nitrogens is 2. The zero-order chi connectivity index (χ0) is 28.8. The maximum atomic E-state index is 2.48. The number of benzene rings is 2. The maximum Gasteiger partial charge on any atom is 0.101 e. The fraction of sp³-hybridized carbons (Fsp3) is 0.647. The van der Waals surface area contributed by atoms with Gasteiger partial charge in [0, 0.05) is 11.1 Å². The van der Waals surface area contributed by atoms with Gasteiger partial charge in [0.05, 0.1) is 24.6 Å². The van der Waals surface area contributed by atoms with Crippen LogP contribution in [0, 0.1) is 0 Å². The van der Waals surface area contributed by atoms with Crippen LogP contribution in [0.15, 0.2) is 36.4 Å². The van der Waals surface area contributed by atoms with Crippen LogP contribution in [0.2, 0.25) is 0 Å². The highest BCUT2D eigenvalue weighted by atomic mass is 33.1. The van der Waals surface area contributed by atoms with Gasteiger partial charge >= 0.3 is 0 Å². The van der Waals surface area contributed by atoms with E-state index in [0.29, 0.717) is 0 Å². The quantitative estimate of drug-likeness (QED) is 0.228. The van der Waals surface area contributed by atoms with E-state index >= 15 is 0 Å². The molecule has 0 unspecified atom stereocenters. The van der Waals surface area contributed by atoms with Crippen molar-refractivity contribution in [1.82, 2.24) is 0 Å². The van der Waals surface area contributed by atoms with Crippen LogP contribution >= 0.6 is 21.6 Å². The van der Waals surface area contributed by atoms with Gasteiger partial charge in [-0.1, -0.05) is 117 Å². The number of nitrogens with two attached hydrogens (primary N) is 2. The van der Waals surface area contributed by atoms with Gasteiger partial charge < -0.3 is 10.6 Å². The van der Waals surface area contributed by atoms with Crippen LogP contribution in [-0.2, 0) is 34.7 Å². The lowest BCUT2D eigenvalue weighted by atomic mass is 9.79. The molecule has 2 nitrogen and oxygen atoms in total. The summed E-state index contributed by atoms with van der Waals surface area (Å²) < 4.78 is 0. The van der Waals surface area contributed by atoms with Gasteiger partial charge in [-0.2, -0.15) is 0 Å². The largest absolute Gasteiger partial charge is 0.342 e. The Morgan fingerprint density at radius 1 is 0.447 bits per heavy atom. The summed E-state index contributed by atoms with van der Waals surface area (Å²) in [4.78, 5) is 0. The Balaban J connectivity index is 1.73. The molecular formula is C34H58N2S2+2. The smallest absolute Gasteiger partial charge is 0.101 e. The van der Waals surface area contributed by atoms with E-state index in [2.05, 4.69) is 130 Å². The summed E-state index contributed by atoms with van der Waals surface area (Å²) >= 11 is 0. The van der Waals surface area contributed by atoms with Crippen molar-refractivity contribution in [3.8, 4) is 0 Å². The third-order valence-corrected chi connectivity index (χ3v) is 9.58. The Morgan fingerprint density at radius 3 is 0.947 bits per heavy atom. The van der Waals surface area contributed by atoms with Crippen LogP contribution in [0.4, 0.5) is 0 Å². The molecule has 0 aliphatic heterocycles. The van der Waals surface area contributed by atoms with Crippen molar-refractivity contribution in [1.29, 1.82) is 0 Å². The number of rotatable bonds is 11. The zero-order valence-corrected chi connectivity index (χ0v) is 28.3. The molecule has 0 aromatic heterocycles. The lowest BCUT2D eigenvalue weighted by Gasteiger charge is -2.26. The Labute approximate surface area is 243 Å². The lowest BCUT2D eigenvalue weighted by molar-refractivity contribution is -0.666. The Bertz CT molecular complexity index is 867. The molecule has 0 saturated carbocycles. The highest BCUT2D eigenvalue weighted by molar-refractivity contribution is 8.76. The van der Waals surface area contributed by atoms with Crippen molar-refractivity contribution in [3.05, 3.63) is 69.8 Å². The van der Waals surface area contributed by atoms with Crippen molar-refractivity contribution in [2.75, 3.05) is 24.6 Å². The van der Waals surface area contributed by atoms with E-state index in [0.717, 1.165) is 13.1 Å². The van der Waals surface area contributed by atoms with Gasteiger partial charge in [0.1, 0.15) is 13.1 Å². The summed E-state index contributed by atoms with van der Waals surface area (Å²) in [6.07, 6.45) is 0. The van der Waals surface area contributed by atoms with Gasteiger partial charge in [-0.3, -0.25) is 0 Å². The average molecular weight is 559 g/mol. The molecule has 0 amide bonds. The van der Waals surface area contributed by atoms with Crippen LogP contribution < -0.4 is 10.6 Å². The first-order chi connectivity index (χ1) is 17.4. The second kappa shape index (κ2) is 13.6. The predicted octanol–water partition coefficient (Wildman–Crippen LogP) is 7.09. The van der Waals surface area contributed by atoms with E-state index in [1.165, 1.54) is 58.0 Å². The van der Waals surface area contributed by atoms with Crippen LogP contribution in [0.25, 0.3) is 0 Å². The van der Waals surface area contributed by atoms with Crippen LogP contribution in [-0.4, -0.2) is 24.6 Å². The van der Waals surface area contributed by atoms with Crippen LogP contribution in [0.1, 0.15) is 116 Å². The number of hydrogen-bond acceptors (Lipinski definition) is 2. The molecule has 0 aliphatic rings. The van der Waals surface area contributed by atoms with Gasteiger partial charge in [-0.05, 0) is 68.2 Å². The highest BCUT2D eigenvalue weighted by Crippen LogP contribution is 2.31. The topological polar surface area (TPSA) is 33.2 Å². The van der Waals surface area contributed by atoms with Crippen molar-refractivity contribution >= 4 is 21.6 Å². The van der Waals surface area contributed by atoms with Gasteiger partial charge in [0.25, 0.3) is 0 Å². The summed E-state index contributed by atoms with van der Waals surface area (Å²) in [7, 11) is 4.05. The number of hydrogen-bond donors (Lipinski definition) is 2. The van der Waals surface area contributed by atoms with Gasteiger partial charge in [-0.25, -0.2) is 0 Å². The Hall–Kier alpha value is -0.940. The third kappa shape index (κ3) is 11.3. The van der Waals surface area contributed by atoms with Crippen molar-refractivity contribution in [3.63, 3.8) is 0 Å². The molecule has 0 fully saturated rings. The maximum absolute atomic E-state index is 2.48. The summed E-state index contributed by atoms with van der Waals surface area (Å²) in [5.74, 6) is 2.39. The molecule has 2 aromatic carbocycles. The van der Waals surface area contributed by atoms with Gasteiger partial charge in [0.15, 0.2) is 0 Å². The van der Waals surface area contributed by atoms with Crippen molar-refractivity contribution in [2.24, 2.45) is 0 Å². The van der Waals surface area contributed by atoms with Crippen LogP contribution in [0.5, 0.6) is 0 Å². The standard InChI is InChI=1S/C34H56N2S2/c1-31(2,3)27-17-25(18-28(21-27)32(4,5)6)23-35-13-15-37-38-16-14-36-24-26-19-29(33(7,8)9)22-30(20-26)34(10,11)12/h17-22,35-36H,13-16,23-24H2,1-12H3/p+2. The van der Waals surface area contributed by atoms with Gasteiger partial charge in [0.2, 0.25) is 0 Å². The Morgan fingerprint density at radius 2 is 0.711 bits per heavy atom. The van der Waals surface area contributed by atoms with Crippen molar-refractivity contribution < 1.29 is 10.6 Å². The summed E-state index contributed by atoms with van der Waals surface area (Å²) in [5.41, 5.74) is 9.47. The third-order valence-electron chi connectivity index (χ3n) is 7.10. The Kier molecular flexibility index (Phi) is 11.9. The van der Waals surface area contributed by atoms with E-state index in [1.807, 2.05) is 21.6 Å². The SMILES string of the molecule is CC(C)(C)c1cc(C[NH2+]CCSSCC[NH2+]Cc2cc(C(C)(C)C)cc(C(C)(C)C)c2)cc(C(C)(C)C)c1. The first-order valence-corrected chi connectivity index (χ1v) is 17.0. The monoisotopic (exact) mass is 558 g/mol. The molecule has 0 radical (unpaired) electrons. The molecule has 38 heavy (non-hydrogen) atoms. The van der Waals surface area contributed by atoms with Crippen LogP contribution in [0.3, 0.4) is 0 Å². The molecule has 2 rings (SSSR count). The zero-order valence-electron chi connectivity index (χ0n) is 26.7. The minimum absolute atomic E-state index is 0.184. The first kappa shape index (κ1) is 33.3. The molecule has 0 heterocycles. The molecule has 0 aliphatic carbocycles. The summed E-state index contributed by atoms with van der Waals surface area (Å²) in [6.45, 7) is 32.3. The van der Waals surface area contributed by atoms with E-state index in [9.17, 15) is 0 Å². The second-order valence-electron chi connectivity index (χ2n) is 15.0. The van der Waals surface area contributed by atoms with Gasteiger partial charge in [-0.15, -0.1) is 0 Å². The molecule has 4 heteroatoms. The molecule has 2 aromatic rings. The van der Waals surface area contributed by atoms with E-state index in [4.69, 9.17) is 0 Å². The van der Waals surface area contributed by atoms with Crippen molar-refractivity contribution in [2.45, 2.75) is 118 Å². The second-order valence-corrected chi connectivity index (χ2v) is 17.7. The first-order valence-electron chi connectivity index (χ1n) is 14.5. The highest BCUT2D eigenvalue weighted by Gasteiger charge is 2.22. The summed E-state index contributed by atoms with van der Waals surface area (Å²) in [5, 5.41) is 4.95. The predicted molar refractivity (Wildman–Crippen MR) is 174 cm³/mol. The minimum atomic E-state index is 0.184. The average Bonchev–Trinajstić information content (AvgIpc) is 2.77. The molecule has 0 bridgehead atoms. The fourth-order valence-corrected chi connectivity index (χ4v) is 6.32. The van der Waals surface area contributed by atoms with E-state index < -0.39 is 0 Å². The molecular weight excluding hydrogens is 501 g/mol. The minimum Gasteiger partial charge on any atom is -0.342 e. The summed E-state index contributed by atoms with van der Waals surface area (Å²) in [6, 6.07) is 14.5. The molecule has 0 saturated heterocycles. The molecule has 0 atom stereocenters. The van der Waals surface area contributed by atoms with E-state index in [-0.39, 0.29) is 21.7 Å². The fourth-order valence-electron chi connectivity index (χ4n) is 4.27. The normalized spacial score (nSPS) is 13.3. The molecule has 4 N–H and O–H groups in total. The van der Waals surface area contributed by atoms with E-state index in [1.54, 1.807) is 0 Å².